The molecule has 0 spiro atoms. The van der Waals surface area contributed by atoms with Crippen molar-refractivity contribution >= 4 is 36.8 Å². The zero-order chi connectivity index (χ0) is 39.1. The summed E-state index contributed by atoms with van der Waals surface area (Å²) in [5.41, 5.74) is -2.20. The maximum Gasteiger partial charge on any atom is 0.192 e. The summed E-state index contributed by atoms with van der Waals surface area (Å²) < 4.78 is 39.2. The molecule has 0 bridgehead atoms. The number of Topliss-reactive ketones (excluding diaryl/α,β-unsaturated/α-hetero) is 1. The van der Waals surface area contributed by atoms with Gasteiger partial charge in [-0.1, -0.05) is 82.0 Å². The van der Waals surface area contributed by atoms with E-state index in [1.165, 1.54) is 6.29 Å². The van der Waals surface area contributed by atoms with E-state index >= 15 is 0 Å². The van der Waals surface area contributed by atoms with Crippen LogP contribution in [0.5, 0.6) is 0 Å². The Bertz CT molecular complexity index is 1090. The molecule has 0 aromatic carbocycles. The van der Waals surface area contributed by atoms with E-state index in [2.05, 4.69) is 95.0 Å². The minimum absolute atomic E-state index is 0.0177. The lowest BCUT2D eigenvalue weighted by Gasteiger charge is -2.67. The summed E-state index contributed by atoms with van der Waals surface area (Å²) in [7, 11) is -4.09. The zero-order valence-corrected chi connectivity index (χ0v) is 38.9. The smallest absolute Gasteiger partial charge is 0.192 e. The molecular weight excluding hydrogens is 693 g/mol. The van der Waals surface area contributed by atoms with E-state index in [4.69, 9.17) is 27.8 Å². The van der Waals surface area contributed by atoms with Crippen LogP contribution in [0.25, 0.3) is 0 Å². The van der Waals surface area contributed by atoms with Crippen LogP contribution in [-0.4, -0.2) is 89.0 Å². The van der Waals surface area contributed by atoms with Gasteiger partial charge in [0.25, 0.3) is 0 Å². The number of hydrogen-bond acceptors (Lipinski definition) is 8. The van der Waals surface area contributed by atoms with Crippen LogP contribution in [0.3, 0.4) is 0 Å². The van der Waals surface area contributed by atoms with Gasteiger partial charge in [-0.05, 0) is 87.3 Å². The molecule has 0 unspecified atom stereocenters. The minimum Gasteiger partial charge on any atom is -0.414 e. The van der Waals surface area contributed by atoms with Crippen molar-refractivity contribution in [2.24, 2.45) is 28.1 Å². The second kappa shape index (κ2) is 18.6. The summed E-state index contributed by atoms with van der Waals surface area (Å²) in [5.74, 6) is -0.387. The number of carbonyl (C=O) groups is 2. The third-order valence-corrected chi connectivity index (χ3v) is 24.7. The Labute approximate surface area is 316 Å². The van der Waals surface area contributed by atoms with Gasteiger partial charge in [-0.3, -0.25) is 4.79 Å². The fraction of sp³-hybridized carbons (Fsp3) is 0.950. The molecule has 2 fully saturated rings. The monoisotopic (exact) mass is 773 g/mol. The van der Waals surface area contributed by atoms with Crippen molar-refractivity contribution in [2.45, 2.75) is 182 Å². The van der Waals surface area contributed by atoms with Gasteiger partial charge in [0.2, 0.25) is 0 Å². The van der Waals surface area contributed by atoms with Crippen LogP contribution in [0.15, 0.2) is 0 Å². The second-order valence-corrected chi connectivity index (χ2v) is 34.5. The first-order valence-electron chi connectivity index (χ1n) is 20.1. The number of carbonyl (C=O) groups excluding carboxylic acids is 2. The van der Waals surface area contributed by atoms with Gasteiger partial charge in [-0.2, -0.15) is 0 Å². The van der Waals surface area contributed by atoms with Gasteiger partial charge < -0.3 is 32.6 Å². The van der Waals surface area contributed by atoms with Gasteiger partial charge in [0.05, 0.1) is 12.2 Å². The van der Waals surface area contributed by atoms with Gasteiger partial charge >= 0.3 is 0 Å². The van der Waals surface area contributed by atoms with Crippen molar-refractivity contribution in [1.82, 2.24) is 0 Å². The van der Waals surface area contributed by atoms with Gasteiger partial charge in [-0.15, -0.1) is 0 Å². The molecule has 2 rings (SSSR count). The topological polar surface area (TPSA) is 89.5 Å². The van der Waals surface area contributed by atoms with Crippen LogP contribution >= 0.6 is 0 Å². The van der Waals surface area contributed by atoms with Crippen LogP contribution < -0.4 is 0 Å². The molecule has 0 radical (unpaired) electrons. The van der Waals surface area contributed by atoms with Crippen LogP contribution in [0, 0.1) is 28.1 Å². The number of ketones is 1. The molecule has 11 heteroatoms. The highest BCUT2D eigenvalue weighted by Gasteiger charge is 2.70. The number of ether oxygens (including phenoxy) is 4. The lowest BCUT2D eigenvalue weighted by atomic mass is 9.41. The molecule has 2 aliphatic carbocycles. The molecule has 51 heavy (non-hydrogen) atoms. The maximum absolute atomic E-state index is 14.3. The Kier molecular flexibility index (Phi) is 17.1. The Balaban J connectivity index is 2.92. The fourth-order valence-electron chi connectivity index (χ4n) is 9.00. The molecule has 0 heterocycles. The summed E-state index contributed by atoms with van der Waals surface area (Å²) in [5, 5.41) is -0.0177. The summed E-state index contributed by atoms with van der Waals surface area (Å²) >= 11 is 0. The van der Waals surface area contributed by atoms with E-state index < -0.39 is 41.0 Å². The first-order valence-corrected chi connectivity index (χ1v) is 29.2. The molecule has 0 amide bonds. The van der Waals surface area contributed by atoms with E-state index in [-0.39, 0.29) is 54.6 Å². The van der Waals surface area contributed by atoms with Crippen LogP contribution in [0.4, 0.5) is 0 Å². The van der Waals surface area contributed by atoms with Crippen molar-refractivity contribution in [2.75, 3.05) is 33.9 Å². The summed E-state index contributed by atoms with van der Waals surface area (Å²) in [6.07, 6.45) is 4.10. The molecule has 7 atom stereocenters. The standard InChI is InChI=1S/C40H80O8Si3/c1-17-51(18-2,19-3)48-35-27-33(38(8,9)31(4)42)40(28-41,23-20-24-44-29-43-11)36-32(47-50(15,16)37(5,6)7)21-22-34(39(35,36)10)46-30-45-25-26-49(12,13)14/h28,32-36H,17-27,29-30H2,1-16H3/t32-,33-,34-,35-,36-,39+,40+/m0/s1. The molecule has 8 nitrogen and oxygen atoms in total. The second-order valence-electron chi connectivity index (χ2n) is 19.4. The van der Waals surface area contributed by atoms with Gasteiger partial charge in [0, 0.05) is 56.7 Å². The Morgan fingerprint density at radius 3 is 1.94 bits per heavy atom. The summed E-state index contributed by atoms with van der Waals surface area (Å²) in [6.45, 7) is 35.1. The van der Waals surface area contributed by atoms with E-state index in [0.717, 1.165) is 37.0 Å². The minimum atomic E-state index is -2.30. The van der Waals surface area contributed by atoms with E-state index in [1.807, 2.05) is 0 Å². The lowest BCUT2D eigenvalue weighted by molar-refractivity contribution is -0.258. The summed E-state index contributed by atoms with van der Waals surface area (Å²) in [6, 6.07) is 4.13. The van der Waals surface area contributed by atoms with Crippen LogP contribution in [0.2, 0.25) is 61.9 Å². The first kappa shape index (κ1) is 46.9. The van der Waals surface area contributed by atoms with E-state index in [0.29, 0.717) is 32.5 Å². The average Bonchev–Trinajstić information content (AvgIpc) is 3.03. The molecule has 0 aromatic rings. The molecule has 2 aliphatic rings. The Hall–Kier alpha value is -0.249. The van der Waals surface area contributed by atoms with Crippen molar-refractivity contribution in [3.8, 4) is 0 Å². The zero-order valence-electron chi connectivity index (χ0n) is 35.9. The Morgan fingerprint density at radius 2 is 1.45 bits per heavy atom. The largest absolute Gasteiger partial charge is 0.414 e. The average molecular weight is 773 g/mol. The van der Waals surface area contributed by atoms with Crippen molar-refractivity contribution in [3.05, 3.63) is 0 Å². The molecule has 0 saturated heterocycles. The molecule has 0 N–H and O–H groups in total. The first-order chi connectivity index (χ1) is 23.5. The van der Waals surface area contributed by atoms with Crippen molar-refractivity contribution in [1.29, 1.82) is 0 Å². The highest BCUT2D eigenvalue weighted by Crippen LogP contribution is 2.66. The highest BCUT2D eigenvalue weighted by molar-refractivity contribution is 6.76. The SMILES string of the molecule is CC[Si](CC)(CC)O[C@H]1C[C@@H](C(C)(C)C(C)=O)[C@](C=O)(CCCOCOC)[C@H]2[C@@H](O[Si](C)(C)C(C)(C)C)CC[C@H](OCOCC[Si](C)(C)C)[C@]12C. The van der Waals surface area contributed by atoms with Gasteiger partial charge in [0.1, 0.15) is 25.7 Å². The predicted molar refractivity (Wildman–Crippen MR) is 217 cm³/mol. The normalized spacial score (nSPS) is 29.5. The molecular formula is C40H80O8Si3. The van der Waals surface area contributed by atoms with E-state index in [9.17, 15) is 9.59 Å². The third kappa shape index (κ3) is 10.7. The molecule has 0 aromatic heterocycles. The molecule has 0 aliphatic heterocycles. The number of rotatable bonds is 22. The van der Waals surface area contributed by atoms with Crippen molar-refractivity contribution < 1.29 is 37.4 Å². The molecule has 300 valence electrons. The van der Waals surface area contributed by atoms with E-state index in [1.54, 1.807) is 14.0 Å². The highest BCUT2D eigenvalue weighted by atomic mass is 28.4. The van der Waals surface area contributed by atoms with Crippen molar-refractivity contribution in [3.63, 3.8) is 0 Å². The molecule has 2 saturated carbocycles. The Morgan fingerprint density at radius 1 is 0.863 bits per heavy atom. The van der Waals surface area contributed by atoms with Crippen LogP contribution in [0.1, 0.15) is 101 Å². The number of hydrogen-bond donors (Lipinski definition) is 0. The summed E-state index contributed by atoms with van der Waals surface area (Å²) in [4.78, 5) is 28.0. The number of methoxy groups -OCH3 is 1. The number of aldehydes is 1. The quantitative estimate of drug-likeness (QED) is 0.0465. The maximum atomic E-state index is 14.3. The third-order valence-electron chi connectivity index (χ3n) is 13.8. The number of fused-ring (bicyclic) bond motifs is 1. The fourth-order valence-corrected chi connectivity index (χ4v) is 14.1. The predicted octanol–water partition coefficient (Wildman–Crippen LogP) is 10.1. The van der Waals surface area contributed by atoms with Gasteiger partial charge in [-0.25, -0.2) is 0 Å². The van der Waals surface area contributed by atoms with Gasteiger partial charge in [0.15, 0.2) is 16.6 Å². The van der Waals surface area contributed by atoms with Crippen LogP contribution in [-0.2, 0) is 37.4 Å². The lowest BCUT2D eigenvalue weighted by Crippen LogP contribution is -2.71.